The van der Waals surface area contributed by atoms with Gasteiger partial charge in [-0.2, -0.15) is 0 Å². The first-order valence-corrected chi connectivity index (χ1v) is 10.5. The van der Waals surface area contributed by atoms with Crippen molar-refractivity contribution in [2.75, 3.05) is 0 Å². The van der Waals surface area contributed by atoms with Gasteiger partial charge in [0, 0.05) is 18.6 Å². The number of esters is 1. The Morgan fingerprint density at radius 3 is 2.38 bits per heavy atom. The van der Waals surface area contributed by atoms with Crippen LogP contribution in [0.1, 0.15) is 24.0 Å². The molecular formula is C23H21N3O8. The van der Waals surface area contributed by atoms with E-state index in [0.29, 0.717) is 12.0 Å². The highest BCUT2D eigenvalue weighted by atomic mass is 16.6. The highest BCUT2D eigenvalue weighted by Crippen LogP contribution is 2.36. The van der Waals surface area contributed by atoms with E-state index in [-0.39, 0.29) is 36.8 Å². The Labute approximate surface area is 193 Å². The molecule has 0 bridgehead atoms. The third-order valence-electron chi connectivity index (χ3n) is 5.61. The fourth-order valence-corrected chi connectivity index (χ4v) is 3.86. The van der Waals surface area contributed by atoms with Crippen LogP contribution in [0.15, 0.2) is 66.1 Å². The van der Waals surface area contributed by atoms with E-state index in [1.54, 1.807) is 12.1 Å². The number of nitrogens with zero attached hydrogens (tertiary/aromatic N) is 2. The molecule has 0 radical (unpaired) electrons. The molecule has 0 aromatic heterocycles. The summed E-state index contributed by atoms with van der Waals surface area (Å²) in [6.45, 7) is -0.156. The minimum atomic E-state index is -0.904. The summed E-state index contributed by atoms with van der Waals surface area (Å²) < 4.78 is 10.4. The van der Waals surface area contributed by atoms with E-state index in [1.807, 2.05) is 18.2 Å². The van der Waals surface area contributed by atoms with Crippen LogP contribution in [0.25, 0.3) is 0 Å². The Bertz CT molecular complexity index is 1150. The van der Waals surface area contributed by atoms with E-state index in [2.05, 4.69) is 5.32 Å². The van der Waals surface area contributed by atoms with Gasteiger partial charge in [0.2, 0.25) is 0 Å². The van der Waals surface area contributed by atoms with Crippen molar-refractivity contribution in [2.45, 2.75) is 38.1 Å². The van der Waals surface area contributed by atoms with E-state index in [9.17, 15) is 29.6 Å². The molecule has 0 aliphatic carbocycles. The Morgan fingerprint density at radius 1 is 1.06 bits per heavy atom. The van der Waals surface area contributed by atoms with Crippen molar-refractivity contribution in [3.8, 4) is 0 Å². The standard InChI is InChI=1S/C23H21N3O8/c27-18-11-10-17-19(24-23(30)34-13-14-4-2-1-3-5-14)21(28)25(17)20(18)22(29)33-12-15-6-8-16(9-7-15)26(31)32/h1-9,17,19,27H,10-13H2,(H,24,30). The molecule has 2 amide bonds. The average molecular weight is 467 g/mol. The quantitative estimate of drug-likeness (QED) is 0.273. The third-order valence-corrected chi connectivity index (χ3v) is 5.61. The number of nitro groups is 1. The van der Waals surface area contributed by atoms with Crippen molar-refractivity contribution < 1.29 is 33.9 Å². The van der Waals surface area contributed by atoms with Crippen LogP contribution < -0.4 is 5.32 Å². The predicted molar refractivity (Wildman–Crippen MR) is 116 cm³/mol. The zero-order valence-corrected chi connectivity index (χ0v) is 17.9. The molecule has 2 atom stereocenters. The number of β-lactam (4-membered cyclic amide) rings is 1. The van der Waals surface area contributed by atoms with Crippen molar-refractivity contribution in [1.82, 2.24) is 10.2 Å². The molecule has 2 aromatic carbocycles. The number of ether oxygens (including phenoxy) is 2. The topological polar surface area (TPSA) is 148 Å². The van der Waals surface area contributed by atoms with E-state index in [0.717, 1.165) is 10.5 Å². The molecule has 0 saturated carbocycles. The average Bonchev–Trinajstić information content (AvgIpc) is 2.85. The highest BCUT2D eigenvalue weighted by Gasteiger charge is 2.54. The van der Waals surface area contributed by atoms with Crippen molar-refractivity contribution in [3.63, 3.8) is 0 Å². The van der Waals surface area contributed by atoms with Crippen LogP contribution in [0.4, 0.5) is 10.5 Å². The molecule has 11 heteroatoms. The largest absolute Gasteiger partial charge is 0.510 e. The number of amides is 2. The second-order valence-corrected chi connectivity index (χ2v) is 7.79. The number of nitrogens with one attached hydrogen (secondary N) is 1. The Hall–Kier alpha value is -4.41. The first-order valence-electron chi connectivity index (χ1n) is 10.5. The molecule has 2 unspecified atom stereocenters. The van der Waals surface area contributed by atoms with Crippen LogP contribution in [0.3, 0.4) is 0 Å². The lowest BCUT2D eigenvalue weighted by atomic mass is 9.86. The lowest BCUT2D eigenvalue weighted by molar-refractivity contribution is -0.384. The summed E-state index contributed by atoms with van der Waals surface area (Å²) in [6, 6.07) is 13.1. The van der Waals surface area contributed by atoms with Crippen LogP contribution in [0, 0.1) is 10.1 Å². The number of carbonyl (C=O) groups is 3. The third kappa shape index (κ3) is 4.68. The van der Waals surface area contributed by atoms with Crippen molar-refractivity contribution in [2.24, 2.45) is 0 Å². The maximum Gasteiger partial charge on any atom is 0.408 e. The van der Waals surface area contributed by atoms with Crippen LogP contribution >= 0.6 is 0 Å². The normalized spacial score (nSPS) is 19.1. The number of benzene rings is 2. The zero-order valence-electron chi connectivity index (χ0n) is 17.9. The number of rotatable bonds is 7. The minimum absolute atomic E-state index is 0.0445. The first-order chi connectivity index (χ1) is 16.3. The molecule has 2 aliphatic heterocycles. The second kappa shape index (κ2) is 9.61. The van der Waals surface area contributed by atoms with Gasteiger partial charge in [-0.25, -0.2) is 9.59 Å². The number of carbonyl (C=O) groups excluding carboxylic acids is 3. The zero-order chi connectivity index (χ0) is 24.2. The lowest BCUT2D eigenvalue weighted by Crippen LogP contribution is -2.71. The molecule has 2 aliphatic rings. The highest BCUT2D eigenvalue weighted by molar-refractivity contribution is 6.01. The molecule has 11 nitrogen and oxygen atoms in total. The van der Waals surface area contributed by atoms with Gasteiger partial charge in [-0.3, -0.25) is 19.8 Å². The van der Waals surface area contributed by atoms with Gasteiger partial charge in [0.25, 0.3) is 11.6 Å². The summed E-state index contributed by atoms with van der Waals surface area (Å²) in [6.07, 6.45) is -0.281. The molecule has 4 rings (SSSR count). The smallest absolute Gasteiger partial charge is 0.408 e. The summed E-state index contributed by atoms with van der Waals surface area (Å²) in [5.41, 5.74) is 0.932. The maximum atomic E-state index is 12.7. The van der Waals surface area contributed by atoms with Crippen molar-refractivity contribution in [1.29, 1.82) is 0 Å². The van der Waals surface area contributed by atoms with E-state index in [4.69, 9.17) is 9.47 Å². The van der Waals surface area contributed by atoms with Gasteiger partial charge in [-0.15, -0.1) is 0 Å². The number of aliphatic hydroxyl groups excluding tert-OH is 1. The van der Waals surface area contributed by atoms with Gasteiger partial charge in [0.15, 0.2) is 5.70 Å². The van der Waals surface area contributed by atoms with Crippen molar-refractivity contribution in [3.05, 3.63) is 87.3 Å². The maximum absolute atomic E-state index is 12.7. The number of fused-ring (bicyclic) bond motifs is 1. The van der Waals surface area contributed by atoms with Crippen LogP contribution in [0.5, 0.6) is 0 Å². The SMILES string of the molecule is O=C(NC1C(=O)N2C(C(=O)OCc3ccc([N+](=O)[O-])cc3)=C(O)CCC12)OCc1ccccc1. The van der Waals surface area contributed by atoms with Gasteiger partial charge in [0.1, 0.15) is 25.0 Å². The molecule has 34 heavy (non-hydrogen) atoms. The van der Waals surface area contributed by atoms with Gasteiger partial charge >= 0.3 is 12.1 Å². The summed E-state index contributed by atoms with van der Waals surface area (Å²) in [7, 11) is 0. The molecule has 2 N–H and O–H groups in total. The summed E-state index contributed by atoms with van der Waals surface area (Å²) in [5.74, 6) is -1.74. The molecule has 2 heterocycles. The fourth-order valence-electron chi connectivity index (χ4n) is 3.86. The number of aliphatic hydroxyl groups is 1. The number of non-ortho nitro benzene ring substituents is 1. The van der Waals surface area contributed by atoms with E-state index >= 15 is 0 Å². The predicted octanol–water partition coefficient (Wildman–Crippen LogP) is 2.71. The van der Waals surface area contributed by atoms with Gasteiger partial charge < -0.3 is 19.9 Å². The first kappa shape index (κ1) is 22.8. The summed E-state index contributed by atoms with van der Waals surface area (Å²) in [4.78, 5) is 48.8. The van der Waals surface area contributed by atoms with E-state index < -0.39 is 35.0 Å². The van der Waals surface area contributed by atoms with Crippen LogP contribution in [-0.4, -0.2) is 45.0 Å². The summed E-state index contributed by atoms with van der Waals surface area (Å²) in [5, 5.41) is 23.5. The second-order valence-electron chi connectivity index (χ2n) is 7.79. The molecule has 0 spiro atoms. The van der Waals surface area contributed by atoms with Crippen molar-refractivity contribution >= 4 is 23.7 Å². The molecule has 2 aromatic rings. The van der Waals surface area contributed by atoms with Crippen LogP contribution in [0.2, 0.25) is 0 Å². The number of alkyl carbamates (subject to hydrolysis) is 1. The molecule has 1 saturated heterocycles. The summed E-state index contributed by atoms with van der Waals surface area (Å²) >= 11 is 0. The Kier molecular flexibility index (Phi) is 6.44. The number of nitro benzene ring substituents is 1. The monoisotopic (exact) mass is 467 g/mol. The Morgan fingerprint density at radius 2 is 1.71 bits per heavy atom. The van der Waals surface area contributed by atoms with Gasteiger partial charge in [0.05, 0.1) is 11.0 Å². The Balaban J connectivity index is 1.34. The number of allylic oxidation sites excluding steroid dienone is 1. The molecule has 176 valence electrons. The minimum Gasteiger partial charge on any atom is -0.510 e. The van der Waals surface area contributed by atoms with E-state index in [1.165, 1.54) is 24.3 Å². The fraction of sp³-hybridized carbons (Fsp3) is 0.261. The van der Waals surface area contributed by atoms with Crippen LogP contribution in [-0.2, 0) is 32.3 Å². The number of hydrogen-bond donors (Lipinski definition) is 2. The molecule has 1 fully saturated rings. The van der Waals surface area contributed by atoms with Gasteiger partial charge in [-0.05, 0) is 29.7 Å². The van der Waals surface area contributed by atoms with Gasteiger partial charge in [-0.1, -0.05) is 30.3 Å². The number of hydrogen-bond acceptors (Lipinski definition) is 8. The lowest BCUT2D eigenvalue weighted by Gasteiger charge is -2.49. The molecular weight excluding hydrogens is 446 g/mol.